The SMILES string of the molecule is CCC1=CCCC(C)(C)C1C=O. The molecule has 1 unspecified atom stereocenters. The second kappa shape index (κ2) is 3.42. The molecule has 0 heterocycles. The number of rotatable bonds is 2. The summed E-state index contributed by atoms with van der Waals surface area (Å²) >= 11 is 0. The van der Waals surface area contributed by atoms with E-state index in [4.69, 9.17) is 0 Å². The highest BCUT2D eigenvalue weighted by Crippen LogP contribution is 2.40. The van der Waals surface area contributed by atoms with Crippen LogP contribution in [-0.2, 0) is 4.79 Å². The predicted octanol–water partition coefficient (Wildman–Crippen LogP) is 2.96. The Morgan fingerprint density at radius 3 is 2.75 bits per heavy atom. The summed E-state index contributed by atoms with van der Waals surface area (Å²) in [6.07, 6.45) is 6.66. The molecule has 0 fully saturated rings. The summed E-state index contributed by atoms with van der Waals surface area (Å²) in [6, 6.07) is 0. The third-order valence-electron chi connectivity index (χ3n) is 2.98. The lowest BCUT2D eigenvalue weighted by atomic mass is 9.68. The average molecular weight is 166 g/mol. The molecule has 0 saturated heterocycles. The van der Waals surface area contributed by atoms with Gasteiger partial charge in [-0.3, -0.25) is 0 Å². The van der Waals surface area contributed by atoms with Gasteiger partial charge in [-0.25, -0.2) is 0 Å². The fraction of sp³-hybridized carbons (Fsp3) is 0.727. The molecule has 0 aliphatic heterocycles. The van der Waals surface area contributed by atoms with E-state index < -0.39 is 0 Å². The molecular formula is C11H18O. The van der Waals surface area contributed by atoms with Gasteiger partial charge in [0.15, 0.2) is 0 Å². The summed E-state index contributed by atoms with van der Waals surface area (Å²) < 4.78 is 0. The molecule has 0 saturated carbocycles. The first-order valence-electron chi connectivity index (χ1n) is 4.76. The van der Waals surface area contributed by atoms with Crippen molar-refractivity contribution in [1.82, 2.24) is 0 Å². The lowest BCUT2D eigenvalue weighted by molar-refractivity contribution is -0.113. The van der Waals surface area contributed by atoms with Crippen molar-refractivity contribution < 1.29 is 4.79 Å². The summed E-state index contributed by atoms with van der Waals surface area (Å²) in [5.74, 6) is 0.163. The molecule has 1 rings (SSSR count). The summed E-state index contributed by atoms with van der Waals surface area (Å²) in [7, 11) is 0. The van der Waals surface area contributed by atoms with Gasteiger partial charge >= 0.3 is 0 Å². The van der Waals surface area contributed by atoms with Crippen molar-refractivity contribution in [3.05, 3.63) is 11.6 Å². The van der Waals surface area contributed by atoms with E-state index in [1.807, 2.05) is 0 Å². The summed E-state index contributed by atoms with van der Waals surface area (Å²) in [4.78, 5) is 10.9. The second-order valence-electron chi connectivity index (χ2n) is 4.27. The maximum absolute atomic E-state index is 10.9. The van der Waals surface area contributed by atoms with Crippen LogP contribution in [0.25, 0.3) is 0 Å². The Morgan fingerprint density at radius 2 is 2.33 bits per heavy atom. The van der Waals surface area contributed by atoms with Gasteiger partial charge in [0.25, 0.3) is 0 Å². The molecule has 1 heteroatoms. The maximum Gasteiger partial charge on any atom is 0.127 e. The smallest absolute Gasteiger partial charge is 0.127 e. The normalized spacial score (nSPS) is 27.9. The van der Waals surface area contributed by atoms with Crippen LogP contribution in [0.3, 0.4) is 0 Å². The fourth-order valence-electron chi connectivity index (χ4n) is 2.05. The summed E-state index contributed by atoms with van der Waals surface area (Å²) in [5, 5.41) is 0. The van der Waals surface area contributed by atoms with E-state index in [0.29, 0.717) is 0 Å². The predicted molar refractivity (Wildman–Crippen MR) is 50.9 cm³/mol. The largest absolute Gasteiger partial charge is 0.303 e. The first kappa shape index (κ1) is 9.50. The zero-order chi connectivity index (χ0) is 9.19. The maximum atomic E-state index is 10.9. The Hall–Kier alpha value is -0.590. The molecule has 0 radical (unpaired) electrons. The van der Waals surface area contributed by atoms with E-state index in [0.717, 1.165) is 25.5 Å². The number of hydrogen-bond acceptors (Lipinski definition) is 1. The van der Waals surface area contributed by atoms with E-state index in [9.17, 15) is 4.79 Å². The van der Waals surface area contributed by atoms with Gasteiger partial charge in [-0.15, -0.1) is 0 Å². The lowest BCUT2D eigenvalue weighted by Gasteiger charge is -2.35. The van der Waals surface area contributed by atoms with E-state index in [-0.39, 0.29) is 11.3 Å². The van der Waals surface area contributed by atoms with Gasteiger partial charge in [0, 0.05) is 5.92 Å². The van der Waals surface area contributed by atoms with Crippen molar-refractivity contribution in [2.24, 2.45) is 11.3 Å². The minimum Gasteiger partial charge on any atom is -0.303 e. The van der Waals surface area contributed by atoms with E-state index in [1.165, 1.54) is 5.57 Å². The van der Waals surface area contributed by atoms with Gasteiger partial charge in [0.05, 0.1) is 0 Å². The molecule has 1 nitrogen and oxygen atoms in total. The molecule has 0 aromatic heterocycles. The molecule has 0 aromatic carbocycles. The number of allylic oxidation sites excluding steroid dienone is 2. The van der Waals surface area contributed by atoms with Crippen LogP contribution < -0.4 is 0 Å². The van der Waals surface area contributed by atoms with Crippen LogP contribution in [-0.4, -0.2) is 6.29 Å². The topological polar surface area (TPSA) is 17.1 Å². The Kier molecular flexibility index (Phi) is 2.71. The highest BCUT2D eigenvalue weighted by Gasteiger charge is 2.33. The summed E-state index contributed by atoms with van der Waals surface area (Å²) in [5.41, 5.74) is 1.52. The molecule has 0 aromatic rings. The molecular weight excluding hydrogens is 148 g/mol. The van der Waals surface area contributed by atoms with Crippen molar-refractivity contribution in [2.75, 3.05) is 0 Å². The van der Waals surface area contributed by atoms with Gasteiger partial charge in [-0.2, -0.15) is 0 Å². The number of carbonyl (C=O) groups excluding carboxylic acids is 1. The summed E-state index contributed by atoms with van der Waals surface area (Å²) in [6.45, 7) is 6.51. The van der Waals surface area contributed by atoms with Crippen molar-refractivity contribution in [1.29, 1.82) is 0 Å². The highest BCUT2D eigenvalue weighted by atomic mass is 16.1. The second-order valence-corrected chi connectivity index (χ2v) is 4.27. The molecule has 0 N–H and O–H groups in total. The highest BCUT2D eigenvalue weighted by molar-refractivity contribution is 5.60. The van der Waals surface area contributed by atoms with Crippen molar-refractivity contribution in [3.8, 4) is 0 Å². The van der Waals surface area contributed by atoms with Crippen LogP contribution in [0.2, 0.25) is 0 Å². The van der Waals surface area contributed by atoms with Crippen molar-refractivity contribution in [2.45, 2.75) is 40.0 Å². The van der Waals surface area contributed by atoms with Crippen LogP contribution in [0, 0.1) is 11.3 Å². The molecule has 12 heavy (non-hydrogen) atoms. The van der Waals surface area contributed by atoms with Gasteiger partial charge in [-0.05, 0) is 24.7 Å². The van der Waals surface area contributed by atoms with E-state index in [2.05, 4.69) is 26.8 Å². The first-order valence-corrected chi connectivity index (χ1v) is 4.76. The molecule has 0 bridgehead atoms. The van der Waals surface area contributed by atoms with Crippen molar-refractivity contribution in [3.63, 3.8) is 0 Å². The monoisotopic (exact) mass is 166 g/mol. The van der Waals surface area contributed by atoms with Gasteiger partial charge < -0.3 is 4.79 Å². The van der Waals surface area contributed by atoms with Gasteiger partial charge in [0.1, 0.15) is 6.29 Å². The standard InChI is InChI=1S/C11H18O/c1-4-9-6-5-7-11(2,3)10(9)8-12/h6,8,10H,4-5,7H2,1-3H3. The van der Waals surface area contributed by atoms with Crippen LogP contribution >= 0.6 is 0 Å². The fourth-order valence-corrected chi connectivity index (χ4v) is 2.05. The van der Waals surface area contributed by atoms with Gasteiger partial charge in [-0.1, -0.05) is 32.4 Å². The average Bonchev–Trinajstić information content (AvgIpc) is 2.02. The number of carbonyl (C=O) groups is 1. The van der Waals surface area contributed by atoms with Crippen LogP contribution in [0.4, 0.5) is 0 Å². The van der Waals surface area contributed by atoms with Crippen LogP contribution in [0.5, 0.6) is 0 Å². The third-order valence-corrected chi connectivity index (χ3v) is 2.98. The minimum absolute atomic E-state index is 0.163. The van der Waals surface area contributed by atoms with E-state index >= 15 is 0 Å². The van der Waals surface area contributed by atoms with E-state index in [1.54, 1.807) is 0 Å². The Bertz CT molecular complexity index is 201. The minimum atomic E-state index is 0.163. The molecule has 0 spiro atoms. The third kappa shape index (κ3) is 1.60. The Balaban J connectivity index is 2.89. The van der Waals surface area contributed by atoms with Crippen LogP contribution in [0.1, 0.15) is 40.0 Å². The quantitative estimate of drug-likeness (QED) is 0.455. The van der Waals surface area contributed by atoms with Crippen molar-refractivity contribution >= 4 is 6.29 Å². The van der Waals surface area contributed by atoms with Crippen LogP contribution in [0.15, 0.2) is 11.6 Å². The Morgan fingerprint density at radius 1 is 1.67 bits per heavy atom. The number of aldehydes is 1. The molecule has 1 aliphatic carbocycles. The zero-order valence-electron chi connectivity index (χ0n) is 8.26. The van der Waals surface area contributed by atoms with Gasteiger partial charge in [0.2, 0.25) is 0 Å². The Labute approximate surface area is 74.9 Å². The lowest BCUT2D eigenvalue weighted by Crippen LogP contribution is -2.29. The molecule has 68 valence electrons. The zero-order valence-corrected chi connectivity index (χ0v) is 8.26. The number of hydrogen-bond donors (Lipinski definition) is 0. The molecule has 0 amide bonds. The first-order chi connectivity index (χ1) is 5.61. The molecule has 1 aliphatic rings. The molecule has 1 atom stereocenters.